The zero-order valence-corrected chi connectivity index (χ0v) is 10.9. The predicted molar refractivity (Wildman–Crippen MR) is 67.9 cm³/mol. The van der Waals surface area contributed by atoms with Gasteiger partial charge in [0.05, 0.1) is 0 Å². The maximum Gasteiger partial charge on any atom is 0.00722 e. The van der Waals surface area contributed by atoms with Crippen molar-refractivity contribution in [3.8, 4) is 0 Å². The van der Waals surface area contributed by atoms with Crippen LogP contribution < -0.4 is 5.73 Å². The van der Waals surface area contributed by atoms with Crippen LogP contribution in [0.3, 0.4) is 0 Å². The lowest BCUT2D eigenvalue weighted by atomic mass is 9.65. The van der Waals surface area contributed by atoms with Crippen molar-refractivity contribution in [3.05, 3.63) is 0 Å². The molecule has 0 radical (unpaired) electrons. The van der Waals surface area contributed by atoms with Crippen molar-refractivity contribution in [3.63, 3.8) is 0 Å². The molecule has 0 aromatic rings. The Bertz CT molecular complexity index is 174. The molecular weight excluding hydrogens is 182 g/mol. The summed E-state index contributed by atoms with van der Waals surface area (Å²) in [7, 11) is 0. The molecule has 0 amide bonds. The predicted octanol–water partition coefficient (Wildman–Crippen LogP) is 4.11. The summed E-state index contributed by atoms with van der Waals surface area (Å²) in [5, 5.41) is 0. The van der Waals surface area contributed by atoms with Gasteiger partial charge in [-0.25, -0.2) is 0 Å². The lowest BCUT2D eigenvalue weighted by Crippen LogP contribution is -2.41. The molecule has 0 spiro atoms. The highest BCUT2D eigenvalue weighted by Crippen LogP contribution is 2.42. The van der Waals surface area contributed by atoms with Crippen LogP contribution >= 0.6 is 0 Å². The van der Waals surface area contributed by atoms with Gasteiger partial charge in [-0.15, -0.1) is 0 Å². The van der Waals surface area contributed by atoms with Crippen molar-refractivity contribution >= 4 is 0 Å². The van der Waals surface area contributed by atoms with Gasteiger partial charge < -0.3 is 5.73 Å². The highest BCUT2D eigenvalue weighted by molar-refractivity contribution is 4.88. The summed E-state index contributed by atoms with van der Waals surface area (Å²) >= 11 is 0. The molecule has 15 heavy (non-hydrogen) atoms. The minimum atomic E-state index is 0.451. The van der Waals surface area contributed by atoms with Gasteiger partial charge in [0.2, 0.25) is 0 Å². The Morgan fingerprint density at radius 1 is 1.27 bits per heavy atom. The number of hydrogen-bond donors (Lipinski definition) is 1. The summed E-state index contributed by atoms with van der Waals surface area (Å²) in [6.45, 7) is 7.09. The largest absolute Gasteiger partial charge is 0.327 e. The second-order valence-corrected chi connectivity index (χ2v) is 6.00. The van der Waals surface area contributed by atoms with Crippen LogP contribution in [-0.4, -0.2) is 6.04 Å². The van der Waals surface area contributed by atoms with E-state index in [1.54, 1.807) is 0 Å². The molecule has 1 aliphatic rings. The SMILES string of the molecule is CCCCCC(N)C1CCCCC1(C)C. The first-order valence-corrected chi connectivity index (χ1v) is 6.83. The Hall–Kier alpha value is -0.0400. The highest BCUT2D eigenvalue weighted by Gasteiger charge is 2.35. The van der Waals surface area contributed by atoms with E-state index in [9.17, 15) is 0 Å². The van der Waals surface area contributed by atoms with E-state index in [-0.39, 0.29) is 0 Å². The van der Waals surface area contributed by atoms with Gasteiger partial charge in [0.15, 0.2) is 0 Å². The van der Waals surface area contributed by atoms with Gasteiger partial charge in [0.25, 0.3) is 0 Å². The first-order chi connectivity index (χ1) is 7.08. The van der Waals surface area contributed by atoms with Crippen molar-refractivity contribution in [1.29, 1.82) is 0 Å². The van der Waals surface area contributed by atoms with Gasteiger partial charge in [-0.3, -0.25) is 0 Å². The third kappa shape index (κ3) is 3.79. The van der Waals surface area contributed by atoms with Crippen molar-refractivity contribution < 1.29 is 0 Å². The maximum absolute atomic E-state index is 6.36. The molecule has 2 unspecified atom stereocenters. The fraction of sp³-hybridized carbons (Fsp3) is 1.00. The van der Waals surface area contributed by atoms with Crippen molar-refractivity contribution in [2.45, 2.75) is 78.2 Å². The molecule has 0 heterocycles. The molecular formula is C14H29N. The second-order valence-electron chi connectivity index (χ2n) is 6.00. The average molecular weight is 211 g/mol. The smallest absolute Gasteiger partial charge is 0.00722 e. The van der Waals surface area contributed by atoms with Crippen LogP contribution in [0.15, 0.2) is 0 Å². The second kappa shape index (κ2) is 5.89. The topological polar surface area (TPSA) is 26.0 Å². The van der Waals surface area contributed by atoms with E-state index in [1.807, 2.05) is 0 Å². The Morgan fingerprint density at radius 2 is 2.00 bits per heavy atom. The molecule has 1 rings (SSSR count). The first-order valence-electron chi connectivity index (χ1n) is 6.83. The molecule has 1 nitrogen and oxygen atoms in total. The quantitative estimate of drug-likeness (QED) is 0.680. The van der Waals surface area contributed by atoms with Crippen molar-refractivity contribution in [2.75, 3.05) is 0 Å². The molecule has 2 N–H and O–H groups in total. The van der Waals surface area contributed by atoms with Crippen LogP contribution in [0.5, 0.6) is 0 Å². The molecule has 0 bridgehead atoms. The van der Waals surface area contributed by atoms with Gasteiger partial charge in [-0.05, 0) is 30.6 Å². The lowest BCUT2D eigenvalue weighted by molar-refractivity contribution is 0.108. The number of unbranched alkanes of at least 4 members (excludes halogenated alkanes) is 2. The van der Waals surface area contributed by atoms with Gasteiger partial charge in [0.1, 0.15) is 0 Å². The molecule has 0 saturated heterocycles. The van der Waals surface area contributed by atoms with E-state index >= 15 is 0 Å². The first kappa shape index (κ1) is 13.0. The van der Waals surface area contributed by atoms with E-state index in [4.69, 9.17) is 5.73 Å². The summed E-state index contributed by atoms with van der Waals surface area (Å²) < 4.78 is 0. The number of nitrogens with two attached hydrogens (primary N) is 1. The Labute approximate surface area is 95.8 Å². The van der Waals surface area contributed by atoms with E-state index < -0.39 is 0 Å². The van der Waals surface area contributed by atoms with Crippen molar-refractivity contribution in [2.24, 2.45) is 17.1 Å². The summed E-state index contributed by atoms with van der Waals surface area (Å²) in [4.78, 5) is 0. The van der Waals surface area contributed by atoms with Gasteiger partial charge in [0, 0.05) is 6.04 Å². The molecule has 1 saturated carbocycles. The van der Waals surface area contributed by atoms with E-state index in [0.29, 0.717) is 11.5 Å². The molecule has 0 aromatic heterocycles. The van der Waals surface area contributed by atoms with Gasteiger partial charge in [-0.1, -0.05) is 52.9 Å². The number of hydrogen-bond acceptors (Lipinski definition) is 1. The Morgan fingerprint density at radius 3 is 2.60 bits per heavy atom. The zero-order chi connectivity index (χ0) is 11.3. The molecule has 90 valence electrons. The normalized spacial score (nSPS) is 27.6. The molecule has 1 aliphatic carbocycles. The minimum Gasteiger partial charge on any atom is -0.327 e. The lowest BCUT2D eigenvalue weighted by Gasteiger charge is -2.42. The standard InChI is InChI=1S/C14H29N/c1-4-5-6-10-13(15)12-9-7-8-11-14(12,2)3/h12-13H,4-11,15H2,1-3H3. The van der Waals surface area contributed by atoms with E-state index in [0.717, 1.165) is 5.92 Å². The Kier molecular flexibility index (Phi) is 5.11. The third-order valence-electron chi connectivity index (χ3n) is 4.25. The Balaban J connectivity index is 2.38. The van der Waals surface area contributed by atoms with Crippen molar-refractivity contribution in [1.82, 2.24) is 0 Å². The maximum atomic E-state index is 6.36. The summed E-state index contributed by atoms with van der Waals surface area (Å²) in [5.41, 5.74) is 6.85. The van der Waals surface area contributed by atoms with Gasteiger partial charge in [-0.2, -0.15) is 0 Å². The van der Waals surface area contributed by atoms with Crippen LogP contribution in [0, 0.1) is 11.3 Å². The summed E-state index contributed by atoms with van der Waals surface area (Å²) in [6, 6.07) is 0.451. The summed E-state index contributed by atoms with van der Waals surface area (Å²) in [6.07, 6.45) is 10.8. The van der Waals surface area contributed by atoms with Crippen LogP contribution in [0.2, 0.25) is 0 Å². The van der Waals surface area contributed by atoms with Crippen LogP contribution in [0.4, 0.5) is 0 Å². The summed E-state index contributed by atoms with van der Waals surface area (Å²) in [5.74, 6) is 0.767. The minimum absolute atomic E-state index is 0.451. The molecule has 1 heteroatoms. The monoisotopic (exact) mass is 211 g/mol. The van der Waals surface area contributed by atoms with Gasteiger partial charge >= 0.3 is 0 Å². The third-order valence-corrected chi connectivity index (χ3v) is 4.25. The molecule has 2 atom stereocenters. The van der Waals surface area contributed by atoms with Crippen LogP contribution in [0.1, 0.15) is 72.1 Å². The molecule has 0 aromatic carbocycles. The van der Waals surface area contributed by atoms with E-state index in [2.05, 4.69) is 20.8 Å². The average Bonchev–Trinajstić information content (AvgIpc) is 2.17. The van der Waals surface area contributed by atoms with Crippen LogP contribution in [0.25, 0.3) is 0 Å². The fourth-order valence-electron chi connectivity index (χ4n) is 3.15. The zero-order valence-electron chi connectivity index (χ0n) is 10.9. The molecule has 0 aliphatic heterocycles. The number of rotatable bonds is 5. The fourth-order valence-corrected chi connectivity index (χ4v) is 3.15. The highest BCUT2D eigenvalue weighted by atomic mass is 14.7. The van der Waals surface area contributed by atoms with Crippen LogP contribution in [-0.2, 0) is 0 Å². The molecule has 1 fully saturated rings. The van der Waals surface area contributed by atoms with E-state index in [1.165, 1.54) is 51.4 Å².